The predicted molar refractivity (Wildman–Crippen MR) is 106 cm³/mol. The lowest BCUT2D eigenvalue weighted by atomic mass is 10.1. The molecule has 0 aliphatic heterocycles. The Bertz CT molecular complexity index is 922. The number of rotatable bonds is 7. The fraction of sp³-hybridized carbons (Fsp3) is 0.263. The number of aryl methyl sites for hydroxylation is 1. The molecule has 2 amide bonds. The van der Waals surface area contributed by atoms with E-state index in [1.165, 1.54) is 12.1 Å². The van der Waals surface area contributed by atoms with E-state index >= 15 is 0 Å². The highest BCUT2D eigenvalue weighted by Gasteiger charge is 2.31. The lowest BCUT2D eigenvalue weighted by Gasteiger charge is -2.30. The van der Waals surface area contributed by atoms with Crippen molar-refractivity contribution in [1.82, 2.24) is 0 Å². The van der Waals surface area contributed by atoms with Gasteiger partial charge in [-0.05, 0) is 49.7 Å². The van der Waals surface area contributed by atoms with Crippen LogP contribution in [0.4, 0.5) is 11.4 Å². The molecule has 7 nitrogen and oxygen atoms in total. The summed E-state index contributed by atoms with van der Waals surface area (Å²) >= 11 is 0. The van der Waals surface area contributed by atoms with Gasteiger partial charge in [-0.3, -0.25) is 13.9 Å². The summed E-state index contributed by atoms with van der Waals surface area (Å²) in [6.45, 7) is 3.64. The molecule has 0 fully saturated rings. The van der Waals surface area contributed by atoms with Gasteiger partial charge in [-0.25, -0.2) is 8.42 Å². The first kappa shape index (κ1) is 20.4. The summed E-state index contributed by atoms with van der Waals surface area (Å²) in [4.78, 5) is 23.9. The fourth-order valence-electron chi connectivity index (χ4n) is 2.70. The van der Waals surface area contributed by atoms with Crippen molar-refractivity contribution in [3.8, 4) is 0 Å². The number of carbonyl (C=O) groups excluding carboxylic acids is 2. The Kier molecular flexibility index (Phi) is 6.22. The first-order valence-electron chi connectivity index (χ1n) is 8.40. The van der Waals surface area contributed by atoms with Crippen LogP contribution in [0.15, 0.2) is 48.5 Å². The smallest absolute Gasteiger partial charge is 0.248 e. The van der Waals surface area contributed by atoms with Crippen molar-refractivity contribution in [2.45, 2.75) is 26.3 Å². The Hall–Kier alpha value is -2.87. The number of benzene rings is 2. The first-order valence-corrected chi connectivity index (χ1v) is 10.2. The minimum Gasteiger partial charge on any atom is -0.366 e. The van der Waals surface area contributed by atoms with Crippen molar-refractivity contribution in [2.75, 3.05) is 15.9 Å². The van der Waals surface area contributed by atoms with E-state index in [0.29, 0.717) is 16.9 Å². The van der Waals surface area contributed by atoms with E-state index < -0.39 is 27.9 Å². The average molecular weight is 389 g/mol. The van der Waals surface area contributed by atoms with Gasteiger partial charge in [0, 0.05) is 11.3 Å². The zero-order chi connectivity index (χ0) is 20.2. The van der Waals surface area contributed by atoms with Crippen LogP contribution in [0.1, 0.15) is 29.3 Å². The van der Waals surface area contributed by atoms with Gasteiger partial charge in [0.1, 0.15) is 6.04 Å². The molecule has 0 aliphatic rings. The third-order valence-corrected chi connectivity index (χ3v) is 5.24. The van der Waals surface area contributed by atoms with E-state index in [0.717, 1.165) is 16.1 Å². The molecule has 2 aromatic carbocycles. The monoisotopic (exact) mass is 389 g/mol. The maximum atomic E-state index is 12.8. The van der Waals surface area contributed by atoms with Crippen LogP contribution in [-0.4, -0.2) is 32.5 Å². The number of hydrogen-bond acceptors (Lipinski definition) is 4. The molecular weight excluding hydrogens is 366 g/mol. The number of nitrogens with one attached hydrogen (secondary N) is 1. The Morgan fingerprint density at radius 1 is 1.07 bits per heavy atom. The van der Waals surface area contributed by atoms with Crippen LogP contribution in [0.3, 0.4) is 0 Å². The number of anilines is 2. The van der Waals surface area contributed by atoms with Crippen molar-refractivity contribution >= 4 is 33.2 Å². The predicted octanol–water partition coefficient (Wildman–Crippen LogP) is 2.28. The van der Waals surface area contributed by atoms with Gasteiger partial charge >= 0.3 is 0 Å². The number of hydrogen-bond donors (Lipinski definition) is 2. The number of primary amides is 1. The van der Waals surface area contributed by atoms with Crippen LogP contribution in [0.2, 0.25) is 0 Å². The lowest BCUT2D eigenvalue weighted by Crippen LogP contribution is -2.47. The highest BCUT2D eigenvalue weighted by Crippen LogP contribution is 2.24. The van der Waals surface area contributed by atoms with E-state index in [4.69, 9.17) is 5.73 Å². The summed E-state index contributed by atoms with van der Waals surface area (Å²) in [6.07, 6.45) is 1.36. The van der Waals surface area contributed by atoms with E-state index in [2.05, 4.69) is 5.32 Å². The summed E-state index contributed by atoms with van der Waals surface area (Å²) in [7, 11) is -3.69. The topological polar surface area (TPSA) is 110 Å². The van der Waals surface area contributed by atoms with Gasteiger partial charge in [0.2, 0.25) is 21.8 Å². The first-order chi connectivity index (χ1) is 12.6. The average Bonchev–Trinajstić information content (AvgIpc) is 2.60. The fourth-order valence-corrected chi connectivity index (χ4v) is 3.91. The zero-order valence-corrected chi connectivity index (χ0v) is 16.3. The number of nitrogens with two attached hydrogens (primary N) is 1. The Labute approximate surface area is 159 Å². The molecule has 0 aromatic heterocycles. The van der Waals surface area contributed by atoms with Crippen molar-refractivity contribution in [3.63, 3.8) is 0 Å². The lowest BCUT2D eigenvalue weighted by molar-refractivity contribution is -0.117. The molecule has 8 heteroatoms. The van der Waals surface area contributed by atoms with Crippen molar-refractivity contribution in [1.29, 1.82) is 0 Å². The molecule has 0 aliphatic carbocycles. The van der Waals surface area contributed by atoms with Crippen LogP contribution in [-0.2, 0) is 14.8 Å². The SMILES string of the molecule is CC[C@@H](C(=O)Nc1ccc(C(N)=O)cc1)N(c1ccc(C)cc1)S(C)(=O)=O. The van der Waals surface area contributed by atoms with Gasteiger partial charge < -0.3 is 11.1 Å². The van der Waals surface area contributed by atoms with Crippen LogP contribution in [0, 0.1) is 6.92 Å². The largest absolute Gasteiger partial charge is 0.366 e. The van der Waals surface area contributed by atoms with Gasteiger partial charge in [-0.1, -0.05) is 24.6 Å². The molecule has 2 aromatic rings. The zero-order valence-electron chi connectivity index (χ0n) is 15.5. The molecule has 0 heterocycles. The molecule has 2 rings (SSSR count). The van der Waals surface area contributed by atoms with Gasteiger partial charge in [-0.2, -0.15) is 0 Å². The summed E-state index contributed by atoms with van der Waals surface area (Å²) in [5.41, 5.74) is 7.37. The minimum absolute atomic E-state index is 0.284. The second kappa shape index (κ2) is 8.22. The normalized spacial score (nSPS) is 12.3. The standard InChI is InChI=1S/C19H23N3O4S/c1-4-17(19(24)21-15-9-7-14(8-10-15)18(20)23)22(27(3,25)26)16-11-5-13(2)6-12-16/h5-12,17H,4H2,1-3H3,(H2,20,23)(H,21,24)/t17-/m0/s1. The summed E-state index contributed by atoms with van der Waals surface area (Å²) in [5, 5.41) is 2.70. The van der Waals surface area contributed by atoms with Gasteiger partial charge in [0.05, 0.1) is 11.9 Å². The van der Waals surface area contributed by atoms with Crippen LogP contribution >= 0.6 is 0 Å². The van der Waals surface area contributed by atoms with Crippen molar-refractivity contribution in [2.24, 2.45) is 5.73 Å². The quantitative estimate of drug-likeness (QED) is 0.757. The third kappa shape index (κ3) is 5.07. The second-order valence-electron chi connectivity index (χ2n) is 6.25. The Balaban J connectivity index is 2.31. The summed E-state index contributed by atoms with van der Waals surface area (Å²) in [5.74, 6) is -1.03. The maximum Gasteiger partial charge on any atom is 0.248 e. The number of amides is 2. The summed E-state index contributed by atoms with van der Waals surface area (Å²) < 4.78 is 25.9. The molecule has 144 valence electrons. The van der Waals surface area contributed by atoms with E-state index in [-0.39, 0.29) is 6.42 Å². The van der Waals surface area contributed by atoms with Crippen LogP contribution in [0.25, 0.3) is 0 Å². The van der Waals surface area contributed by atoms with Gasteiger partial charge in [0.25, 0.3) is 0 Å². The molecule has 0 saturated heterocycles. The second-order valence-corrected chi connectivity index (χ2v) is 8.11. The van der Waals surface area contributed by atoms with E-state index in [1.807, 2.05) is 6.92 Å². The van der Waals surface area contributed by atoms with Gasteiger partial charge in [0.15, 0.2) is 0 Å². The van der Waals surface area contributed by atoms with Crippen LogP contribution < -0.4 is 15.4 Å². The van der Waals surface area contributed by atoms with Gasteiger partial charge in [-0.15, -0.1) is 0 Å². The molecule has 0 bridgehead atoms. The number of nitrogens with zero attached hydrogens (tertiary/aromatic N) is 1. The third-order valence-electron chi connectivity index (χ3n) is 4.06. The highest BCUT2D eigenvalue weighted by atomic mass is 32.2. The molecule has 0 spiro atoms. The number of carbonyl (C=O) groups is 2. The molecule has 0 saturated carbocycles. The molecule has 0 radical (unpaired) electrons. The summed E-state index contributed by atoms with van der Waals surface area (Å²) in [6, 6.07) is 12.1. The van der Waals surface area contributed by atoms with E-state index in [1.54, 1.807) is 43.3 Å². The van der Waals surface area contributed by atoms with Crippen LogP contribution in [0.5, 0.6) is 0 Å². The Morgan fingerprint density at radius 3 is 2.07 bits per heavy atom. The maximum absolute atomic E-state index is 12.8. The Morgan fingerprint density at radius 2 is 1.63 bits per heavy atom. The number of sulfonamides is 1. The van der Waals surface area contributed by atoms with Crippen molar-refractivity contribution in [3.05, 3.63) is 59.7 Å². The molecular formula is C19H23N3O4S. The van der Waals surface area contributed by atoms with Crippen molar-refractivity contribution < 1.29 is 18.0 Å². The van der Waals surface area contributed by atoms with E-state index in [9.17, 15) is 18.0 Å². The minimum atomic E-state index is -3.69. The molecule has 1 atom stereocenters. The molecule has 0 unspecified atom stereocenters. The molecule has 3 N–H and O–H groups in total. The molecule has 27 heavy (non-hydrogen) atoms. The highest BCUT2D eigenvalue weighted by molar-refractivity contribution is 7.92.